The van der Waals surface area contributed by atoms with Gasteiger partial charge in [0, 0.05) is 7.11 Å². The van der Waals surface area contributed by atoms with Gasteiger partial charge in [-0.2, -0.15) is 0 Å². The number of para-hydroxylation sites is 1. The third-order valence-electron chi connectivity index (χ3n) is 4.27. The molecule has 0 unspecified atom stereocenters. The Hall–Kier alpha value is -3.20. The highest BCUT2D eigenvalue weighted by Gasteiger charge is 2.18. The van der Waals surface area contributed by atoms with Gasteiger partial charge in [-0.1, -0.05) is 19.1 Å². The topological polar surface area (TPSA) is 99.3 Å². The number of imidazole rings is 1. The lowest BCUT2D eigenvalue weighted by Crippen LogP contribution is -2.28. The Bertz CT molecular complexity index is 1140. The summed E-state index contributed by atoms with van der Waals surface area (Å²) in [6.45, 7) is 3.43. The standard InChI is InChI=1S/C18H20N6O3/c1-3-9-27-13-7-5-4-6-12(13)15-20-14-16(21-15)23(8-10-26-2)18(25)24-11-19-22-17(14)24/h4-7,11H,3,8-10H2,1-2H3,(H,20,21). The van der Waals surface area contributed by atoms with Crippen LogP contribution in [-0.2, 0) is 11.3 Å². The molecule has 0 aliphatic rings. The molecule has 0 aliphatic heterocycles. The van der Waals surface area contributed by atoms with Crippen LogP contribution in [0, 0.1) is 0 Å². The smallest absolute Gasteiger partial charge is 0.337 e. The van der Waals surface area contributed by atoms with Crippen molar-refractivity contribution in [1.82, 2.24) is 29.1 Å². The number of benzene rings is 1. The van der Waals surface area contributed by atoms with Crippen LogP contribution in [-0.4, -0.2) is 49.5 Å². The fraction of sp³-hybridized carbons (Fsp3) is 0.333. The number of aromatic amines is 1. The predicted molar refractivity (Wildman–Crippen MR) is 100.0 cm³/mol. The van der Waals surface area contributed by atoms with Gasteiger partial charge >= 0.3 is 5.69 Å². The van der Waals surface area contributed by atoms with E-state index in [9.17, 15) is 4.79 Å². The summed E-state index contributed by atoms with van der Waals surface area (Å²) in [7, 11) is 1.59. The van der Waals surface area contributed by atoms with Crippen molar-refractivity contribution in [3.63, 3.8) is 0 Å². The quantitative estimate of drug-likeness (QED) is 0.535. The lowest BCUT2D eigenvalue weighted by atomic mass is 10.2. The van der Waals surface area contributed by atoms with Gasteiger partial charge in [0.25, 0.3) is 0 Å². The number of hydrogen-bond acceptors (Lipinski definition) is 6. The van der Waals surface area contributed by atoms with Crippen LogP contribution in [0.15, 0.2) is 35.4 Å². The summed E-state index contributed by atoms with van der Waals surface area (Å²) in [6.07, 6.45) is 2.31. The first-order valence-corrected chi connectivity index (χ1v) is 8.78. The molecule has 0 fully saturated rings. The number of hydrogen-bond donors (Lipinski definition) is 1. The molecule has 0 saturated carbocycles. The molecule has 27 heavy (non-hydrogen) atoms. The van der Waals surface area contributed by atoms with Crippen LogP contribution < -0.4 is 10.4 Å². The fourth-order valence-corrected chi connectivity index (χ4v) is 2.99. The summed E-state index contributed by atoms with van der Waals surface area (Å²) in [5.74, 6) is 1.35. The molecule has 0 spiro atoms. The van der Waals surface area contributed by atoms with Crippen molar-refractivity contribution in [3.8, 4) is 17.1 Å². The molecule has 1 N–H and O–H groups in total. The van der Waals surface area contributed by atoms with E-state index < -0.39 is 0 Å². The Morgan fingerprint density at radius 1 is 1.19 bits per heavy atom. The number of methoxy groups -OCH3 is 1. The second kappa shape index (κ2) is 7.20. The minimum absolute atomic E-state index is 0.256. The molecular formula is C18H20N6O3. The summed E-state index contributed by atoms with van der Waals surface area (Å²) in [4.78, 5) is 20.7. The maximum Gasteiger partial charge on any atom is 0.337 e. The molecule has 0 radical (unpaired) electrons. The van der Waals surface area contributed by atoms with Crippen LogP contribution in [0.1, 0.15) is 13.3 Å². The highest BCUT2D eigenvalue weighted by atomic mass is 16.5. The average Bonchev–Trinajstić information content (AvgIpc) is 3.34. The second-order valence-electron chi connectivity index (χ2n) is 6.08. The van der Waals surface area contributed by atoms with Gasteiger partial charge in [-0.25, -0.2) is 14.2 Å². The molecule has 4 aromatic rings. The number of rotatable bonds is 7. The summed E-state index contributed by atoms with van der Waals surface area (Å²) >= 11 is 0. The van der Waals surface area contributed by atoms with Crippen molar-refractivity contribution in [1.29, 1.82) is 0 Å². The first kappa shape index (κ1) is 17.2. The van der Waals surface area contributed by atoms with E-state index in [2.05, 4.69) is 27.1 Å². The number of ether oxygens (including phenoxy) is 2. The molecular weight excluding hydrogens is 348 g/mol. The summed E-state index contributed by atoms with van der Waals surface area (Å²) in [5.41, 5.74) is 2.16. The van der Waals surface area contributed by atoms with Gasteiger partial charge in [0.2, 0.25) is 0 Å². The summed E-state index contributed by atoms with van der Waals surface area (Å²) in [6, 6.07) is 7.68. The van der Waals surface area contributed by atoms with E-state index in [0.717, 1.165) is 17.7 Å². The molecule has 3 aromatic heterocycles. The number of nitrogens with zero attached hydrogens (tertiary/aromatic N) is 5. The SMILES string of the molecule is CCCOc1ccccc1-c1nc2c([nH]1)c1nncn1c(=O)n2CCOC. The van der Waals surface area contributed by atoms with E-state index in [-0.39, 0.29) is 5.69 Å². The summed E-state index contributed by atoms with van der Waals surface area (Å²) in [5, 5.41) is 7.94. The van der Waals surface area contributed by atoms with Crippen molar-refractivity contribution in [2.24, 2.45) is 0 Å². The van der Waals surface area contributed by atoms with Crippen LogP contribution in [0.3, 0.4) is 0 Å². The Kier molecular flexibility index (Phi) is 4.59. The first-order chi connectivity index (χ1) is 13.2. The lowest BCUT2D eigenvalue weighted by molar-refractivity contribution is 0.187. The van der Waals surface area contributed by atoms with Crippen LogP contribution in [0.5, 0.6) is 5.75 Å². The van der Waals surface area contributed by atoms with Crippen molar-refractivity contribution in [2.45, 2.75) is 19.9 Å². The Labute approximate surface area is 154 Å². The largest absolute Gasteiger partial charge is 0.493 e. The highest BCUT2D eigenvalue weighted by molar-refractivity contribution is 5.88. The Morgan fingerprint density at radius 3 is 2.85 bits per heavy atom. The van der Waals surface area contributed by atoms with E-state index in [1.54, 1.807) is 11.7 Å². The zero-order valence-electron chi connectivity index (χ0n) is 15.2. The Morgan fingerprint density at radius 2 is 2.04 bits per heavy atom. The molecule has 9 heteroatoms. The first-order valence-electron chi connectivity index (χ1n) is 8.78. The molecule has 0 saturated heterocycles. The molecule has 3 heterocycles. The number of fused-ring (bicyclic) bond motifs is 3. The average molecular weight is 368 g/mol. The van der Waals surface area contributed by atoms with Crippen molar-refractivity contribution < 1.29 is 9.47 Å². The van der Waals surface area contributed by atoms with E-state index >= 15 is 0 Å². The molecule has 4 rings (SSSR count). The van der Waals surface area contributed by atoms with Gasteiger partial charge in [-0.05, 0) is 18.6 Å². The van der Waals surface area contributed by atoms with Gasteiger partial charge in [0.1, 0.15) is 23.4 Å². The van der Waals surface area contributed by atoms with Crippen LogP contribution in [0.2, 0.25) is 0 Å². The number of H-pyrrole nitrogens is 1. The van der Waals surface area contributed by atoms with Crippen molar-refractivity contribution in [3.05, 3.63) is 41.1 Å². The predicted octanol–water partition coefficient (Wildman–Crippen LogP) is 1.87. The molecule has 0 amide bonds. The molecule has 0 bridgehead atoms. The van der Waals surface area contributed by atoms with Crippen LogP contribution in [0.4, 0.5) is 0 Å². The normalized spacial score (nSPS) is 11.5. The van der Waals surface area contributed by atoms with Crippen molar-refractivity contribution >= 4 is 16.8 Å². The summed E-state index contributed by atoms with van der Waals surface area (Å²) < 4.78 is 13.9. The number of aromatic nitrogens is 6. The van der Waals surface area contributed by atoms with Gasteiger partial charge in [0.15, 0.2) is 11.3 Å². The third-order valence-corrected chi connectivity index (χ3v) is 4.27. The minimum atomic E-state index is -0.256. The van der Waals surface area contributed by atoms with E-state index in [1.807, 2.05) is 24.3 Å². The van der Waals surface area contributed by atoms with Crippen LogP contribution >= 0.6 is 0 Å². The van der Waals surface area contributed by atoms with Gasteiger partial charge < -0.3 is 14.5 Å². The van der Waals surface area contributed by atoms with E-state index in [0.29, 0.717) is 42.4 Å². The van der Waals surface area contributed by atoms with Gasteiger partial charge in [-0.15, -0.1) is 10.2 Å². The van der Waals surface area contributed by atoms with E-state index in [1.165, 1.54) is 10.7 Å². The van der Waals surface area contributed by atoms with Gasteiger partial charge in [-0.3, -0.25) is 4.57 Å². The molecule has 140 valence electrons. The molecule has 0 aliphatic carbocycles. The maximum atomic E-state index is 12.8. The Balaban J connectivity index is 1.93. The monoisotopic (exact) mass is 368 g/mol. The maximum absolute atomic E-state index is 12.8. The molecule has 0 atom stereocenters. The molecule has 9 nitrogen and oxygen atoms in total. The lowest BCUT2D eigenvalue weighted by Gasteiger charge is -2.08. The van der Waals surface area contributed by atoms with Crippen LogP contribution in [0.25, 0.3) is 28.2 Å². The zero-order valence-corrected chi connectivity index (χ0v) is 15.2. The fourth-order valence-electron chi connectivity index (χ4n) is 2.99. The molecule has 1 aromatic carbocycles. The second-order valence-corrected chi connectivity index (χ2v) is 6.08. The minimum Gasteiger partial charge on any atom is -0.493 e. The van der Waals surface area contributed by atoms with E-state index in [4.69, 9.17) is 9.47 Å². The zero-order chi connectivity index (χ0) is 18.8. The van der Waals surface area contributed by atoms with Gasteiger partial charge in [0.05, 0.1) is 25.3 Å². The highest BCUT2D eigenvalue weighted by Crippen LogP contribution is 2.29. The van der Waals surface area contributed by atoms with Crippen molar-refractivity contribution in [2.75, 3.05) is 20.3 Å². The third kappa shape index (κ3) is 2.95. The number of nitrogens with one attached hydrogen (secondary N) is 1.